The number of nitrogens with zero attached hydrogens (tertiary/aromatic N) is 2. The molecule has 0 aliphatic carbocycles. The standard InChI is InChI=1S/C22H22N4O2/c1-14-6-9-26-13-19(25-21(26)10-14)18-11-15-2-3-17(12-20(15)28-22(18)27)24-16-4-7-23-8-5-16/h2-3,6,9-13,16,23-24H,4-5,7-8H2,1H3. The van der Waals surface area contributed by atoms with Crippen LogP contribution in [-0.4, -0.2) is 28.5 Å². The first-order valence-electron chi connectivity index (χ1n) is 9.67. The van der Waals surface area contributed by atoms with Gasteiger partial charge in [-0.25, -0.2) is 9.78 Å². The number of benzene rings is 1. The van der Waals surface area contributed by atoms with E-state index in [9.17, 15) is 4.79 Å². The van der Waals surface area contributed by atoms with Crippen molar-refractivity contribution in [3.8, 4) is 11.3 Å². The maximum atomic E-state index is 12.6. The van der Waals surface area contributed by atoms with Crippen molar-refractivity contribution in [3.05, 3.63) is 64.8 Å². The molecule has 3 aromatic heterocycles. The zero-order valence-electron chi connectivity index (χ0n) is 15.7. The summed E-state index contributed by atoms with van der Waals surface area (Å²) in [6, 6.07) is 12.3. The molecular weight excluding hydrogens is 352 g/mol. The van der Waals surface area contributed by atoms with Crippen LogP contribution < -0.4 is 16.3 Å². The number of hydrogen-bond acceptors (Lipinski definition) is 5. The Labute approximate surface area is 162 Å². The fourth-order valence-electron chi connectivity index (χ4n) is 3.80. The van der Waals surface area contributed by atoms with E-state index in [4.69, 9.17) is 4.42 Å². The molecular formula is C22H22N4O2. The van der Waals surface area contributed by atoms with Crippen molar-refractivity contribution in [1.82, 2.24) is 14.7 Å². The van der Waals surface area contributed by atoms with Crippen LogP contribution in [0.15, 0.2) is 58.0 Å². The van der Waals surface area contributed by atoms with Crippen LogP contribution in [0.1, 0.15) is 18.4 Å². The highest BCUT2D eigenvalue weighted by molar-refractivity contribution is 5.84. The second-order valence-corrected chi connectivity index (χ2v) is 7.46. The first kappa shape index (κ1) is 17.0. The van der Waals surface area contributed by atoms with Crippen LogP contribution in [-0.2, 0) is 0 Å². The molecule has 5 rings (SSSR count). The summed E-state index contributed by atoms with van der Waals surface area (Å²) < 4.78 is 7.55. The molecule has 0 spiro atoms. The topological polar surface area (TPSA) is 71.6 Å². The van der Waals surface area contributed by atoms with Crippen molar-refractivity contribution in [2.45, 2.75) is 25.8 Å². The third-order valence-corrected chi connectivity index (χ3v) is 5.34. The minimum absolute atomic E-state index is 0.369. The van der Waals surface area contributed by atoms with Gasteiger partial charge in [-0.05, 0) is 68.8 Å². The van der Waals surface area contributed by atoms with E-state index in [0.717, 1.165) is 48.2 Å². The third-order valence-electron chi connectivity index (χ3n) is 5.34. The SMILES string of the molecule is Cc1ccn2cc(-c3cc4ccc(NC5CCNCC5)cc4oc3=O)nc2c1. The lowest BCUT2D eigenvalue weighted by Crippen LogP contribution is -2.35. The van der Waals surface area contributed by atoms with Crippen molar-refractivity contribution in [2.75, 3.05) is 18.4 Å². The molecule has 142 valence electrons. The molecule has 0 bridgehead atoms. The van der Waals surface area contributed by atoms with Crippen LogP contribution >= 0.6 is 0 Å². The molecule has 6 heteroatoms. The number of aryl methyl sites for hydroxylation is 1. The van der Waals surface area contributed by atoms with Crippen LogP contribution in [0.4, 0.5) is 5.69 Å². The number of hydrogen-bond donors (Lipinski definition) is 2. The largest absolute Gasteiger partial charge is 0.422 e. The van der Waals surface area contributed by atoms with Gasteiger partial charge in [-0.2, -0.15) is 0 Å². The lowest BCUT2D eigenvalue weighted by molar-refractivity contribution is 0.479. The fourth-order valence-corrected chi connectivity index (χ4v) is 3.80. The maximum Gasteiger partial charge on any atom is 0.345 e. The van der Waals surface area contributed by atoms with E-state index in [2.05, 4.69) is 15.6 Å². The van der Waals surface area contributed by atoms with Crippen molar-refractivity contribution in [3.63, 3.8) is 0 Å². The van der Waals surface area contributed by atoms with Crippen LogP contribution in [0.3, 0.4) is 0 Å². The van der Waals surface area contributed by atoms with Crippen molar-refractivity contribution in [2.24, 2.45) is 0 Å². The number of pyridine rings is 1. The molecule has 0 atom stereocenters. The van der Waals surface area contributed by atoms with Crippen LogP contribution in [0.5, 0.6) is 0 Å². The molecule has 4 heterocycles. The predicted molar refractivity (Wildman–Crippen MR) is 111 cm³/mol. The van der Waals surface area contributed by atoms with E-state index in [1.807, 2.05) is 60.1 Å². The lowest BCUT2D eigenvalue weighted by atomic mass is 10.1. The minimum atomic E-state index is -0.369. The highest BCUT2D eigenvalue weighted by Crippen LogP contribution is 2.24. The number of rotatable bonds is 3. The maximum absolute atomic E-state index is 12.6. The lowest BCUT2D eigenvalue weighted by Gasteiger charge is -2.24. The summed E-state index contributed by atoms with van der Waals surface area (Å²) in [5, 5.41) is 7.80. The molecule has 0 unspecified atom stereocenters. The molecule has 1 saturated heterocycles. The van der Waals surface area contributed by atoms with Gasteiger partial charge >= 0.3 is 5.63 Å². The smallest absolute Gasteiger partial charge is 0.345 e. The van der Waals surface area contributed by atoms with Gasteiger partial charge in [0.1, 0.15) is 11.2 Å². The van der Waals surface area contributed by atoms with Gasteiger partial charge in [0.05, 0.1) is 11.3 Å². The Morgan fingerprint density at radius 3 is 2.89 bits per heavy atom. The summed E-state index contributed by atoms with van der Waals surface area (Å²) in [5.41, 5.74) is 4.25. The summed E-state index contributed by atoms with van der Waals surface area (Å²) in [6.07, 6.45) is 5.99. The zero-order chi connectivity index (χ0) is 19.1. The van der Waals surface area contributed by atoms with Gasteiger partial charge in [0.15, 0.2) is 0 Å². The van der Waals surface area contributed by atoms with Gasteiger partial charge in [0.25, 0.3) is 0 Å². The summed E-state index contributed by atoms with van der Waals surface area (Å²) in [4.78, 5) is 17.2. The number of aromatic nitrogens is 2. The van der Waals surface area contributed by atoms with Crippen molar-refractivity contribution >= 4 is 22.3 Å². The second kappa shape index (κ2) is 6.80. The van der Waals surface area contributed by atoms with Crippen LogP contribution in [0.2, 0.25) is 0 Å². The number of anilines is 1. The summed E-state index contributed by atoms with van der Waals surface area (Å²) in [5.74, 6) is 0. The van der Waals surface area contributed by atoms with E-state index in [-0.39, 0.29) is 5.63 Å². The number of imidazole rings is 1. The first-order chi connectivity index (χ1) is 13.7. The highest BCUT2D eigenvalue weighted by atomic mass is 16.4. The highest BCUT2D eigenvalue weighted by Gasteiger charge is 2.15. The van der Waals surface area contributed by atoms with Gasteiger partial charge in [-0.3, -0.25) is 0 Å². The van der Waals surface area contributed by atoms with Gasteiger partial charge < -0.3 is 19.5 Å². The molecule has 1 aromatic carbocycles. The Kier molecular flexibility index (Phi) is 4.13. The van der Waals surface area contributed by atoms with E-state index < -0.39 is 0 Å². The van der Waals surface area contributed by atoms with Gasteiger partial charge in [0, 0.05) is 35.6 Å². The number of piperidine rings is 1. The Morgan fingerprint density at radius 2 is 2.04 bits per heavy atom. The molecule has 2 N–H and O–H groups in total. The second-order valence-electron chi connectivity index (χ2n) is 7.46. The molecule has 1 aliphatic rings. The average molecular weight is 374 g/mol. The number of nitrogens with one attached hydrogen (secondary N) is 2. The fraction of sp³-hybridized carbons (Fsp3) is 0.273. The van der Waals surface area contributed by atoms with Crippen molar-refractivity contribution in [1.29, 1.82) is 0 Å². The Morgan fingerprint density at radius 1 is 1.18 bits per heavy atom. The monoisotopic (exact) mass is 374 g/mol. The van der Waals surface area contributed by atoms with Gasteiger partial charge in [0.2, 0.25) is 0 Å². The Balaban J connectivity index is 1.51. The summed E-state index contributed by atoms with van der Waals surface area (Å²) in [7, 11) is 0. The molecule has 0 radical (unpaired) electrons. The molecule has 28 heavy (non-hydrogen) atoms. The average Bonchev–Trinajstić information content (AvgIpc) is 3.11. The van der Waals surface area contributed by atoms with Crippen LogP contribution in [0.25, 0.3) is 27.9 Å². The molecule has 1 fully saturated rings. The number of fused-ring (bicyclic) bond motifs is 2. The molecule has 4 aromatic rings. The predicted octanol–water partition coefficient (Wildman–Crippen LogP) is 3.58. The first-order valence-corrected chi connectivity index (χ1v) is 9.67. The normalized spacial score (nSPS) is 15.3. The quantitative estimate of drug-likeness (QED) is 0.536. The van der Waals surface area contributed by atoms with Crippen molar-refractivity contribution < 1.29 is 4.42 Å². The summed E-state index contributed by atoms with van der Waals surface area (Å²) in [6.45, 7) is 4.08. The van der Waals surface area contributed by atoms with Crippen LogP contribution in [0, 0.1) is 6.92 Å². The third kappa shape index (κ3) is 3.16. The Hall–Kier alpha value is -3.12. The van der Waals surface area contributed by atoms with E-state index >= 15 is 0 Å². The van der Waals surface area contributed by atoms with E-state index in [1.54, 1.807) is 0 Å². The summed E-state index contributed by atoms with van der Waals surface area (Å²) >= 11 is 0. The Bertz CT molecular complexity index is 1220. The van der Waals surface area contributed by atoms with E-state index in [1.165, 1.54) is 0 Å². The zero-order valence-corrected chi connectivity index (χ0v) is 15.7. The molecule has 1 aliphatic heterocycles. The minimum Gasteiger partial charge on any atom is -0.422 e. The molecule has 0 saturated carbocycles. The van der Waals surface area contributed by atoms with E-state index in [0.29, 0.717) is 22.9 Å². The van der Waals surface area contributed by atoms with Gasteiger partial charge in [-0.1, -0.05) is 0 Å². The van der Waals surface area contributed by atoms with Gasteiger partial charge in [-0.15, -0.1) is 0 Å². The molecule has 0 amide bonds. The molecule has 6 nitrogen and oxygen atoms in total.